The SMILES string of the molecule is CC[C@@H](C)NC(=O)c1ccc2c(n1)N(C(=O)Nc1ccccn1)[C@H]1CCN2C1. The molecule has 0 saturated carbocycles. The van der Waals surface area contributed by atoms with Gasteiger partial charge in [0.15, 0.2) is 5.82 Å². The first-order valence-corrected chi connectivity index (χ1v) is 9.65. The van der Waals surface area contributed by atoms with Crippen molar-refractivity contribution in [2.24, 2.45) is 0 Å². The Morgan fingerprint density at radius 2 is 2.14 bits per heavy atom. The van der Waals surface area contributed by atoms with Gasteiger partial charge in [0.05, 0.1) is 11.7 Å². The van der Waals surface area contributed by atoms with E-state index in [0.29, 0.717) is 17.3 Å². The van der Waals surface area contributed by atoms with Gasteiger partial charge in [-0.2, -0.15) is 0 Å². The average Bonchev–Trinajstić information content (AvgIpc) is 3.12. The van der Waals surface area contributed by atoms with Crippen molar-refractivity contribution in [2.75, 3.05) is 28.2 Å². The molecule has 2 bridgehead atoms. The molecule has 4 rings (SSSR count). The van der Waals surface area contributed by atoms with Crippen molar-refractivity contribution < 1.29 is 9.59 Å². The van der Waals surface area contributed by atoms with Gasteiger partial charge in [0.2, 0.25) is 0 Å². The van der Waals surface area contributed by atoms with Gasteiger partial charge in [0.25, 0.3) is 5.91 Å². The zero-order valence-electron chi connectivity index (χ0n) is 16.1. The predicted molar refractivity (Wildman–Crippen MR) is 108 cm³/mol. The Hall–Kier alpha value is -3.16. The highest BCUT2D eigenvalue weighted by Gasteiger charge is 2.40. The summed E-state index contributed by atoms with van der Waals surface area (Å²) < 4.78 is 0. The molecule has 8 heteroatoms. The van der Waals surface area contributed by atoms with Crippen molar-refractivity contribution in [2.45, 2.75) is 38.8 Å². The molecule has 1 saturated heterocycles. The Balaban J connectivity index is 1.65. The van der Waals surface area contributed by atoms with Crippen LogP contribution in [0.4, 0.5) is 22.1 Å². The molecule has 2 aromatic rings. The summed E-state index contributed by atoms with van der Waals surface area (Å²) in [7, 11) is 0. The number of pyridine rings is 2. The molecule has 4 heterocycles. The fourth-order valence-corrected chi connectivity index (χ4v) is 3.60. The normalized spacial score (nSPS) is 18.4. The summed E-state index contributed by atoms with van der Waals surface area (Å²) in [5, 5.41) is 5.77. The maximum atomic E-state index is 13.0. The molecule has 1 fully saturated rings. The largest absolute Gasteiger partial charge is 0.366 e. The molecule has 3 amide bonds. The van der Waals surface area contributed by atoms with Crippen LogP contribution in [0.1, 0.15) is 37.2 Å². The first kappa shape index (κ1) is 18.2. The molecule has 0 radical (unpaired) electrons. The summed E-state index contributed by atoms with van der Waals surface area (Å²) >= 11 is 0. The fraction of sp³-hybridized carbons (Fsp3) is 0.400. The van der Waals surface area contributed by atoms with E-state index in [2.05, 4.69) is 25.5 Å². The van der Waals surface area contributed by atoms with Crippen LogP contribution in [0.25, 0.3) is 0 Å². The van der Waals surface area contributed by atoms with Crippen molar-refractivity contribution in [3.05, 3.63) is 42.2 Å². The fourth-order valence-electron chi connectivity index (χ4n) is 3.60. The van der Waals surface area contributed by atoms with Crippen molar-refractivity contribution in [3.63, 3.8) is 0 Å². The van der Waals surface area contributed by atoms with E-state index in [9.17, 15) is 9.59 Å². The van der Waals surface area contributed by atoms with E-state index >= 15 is 0 Å². The third kappa shape index (κ3) is 3.37. The van der Waals surface area contributed by atoms with Crippen LogP contribution in [0.3, 0.4) is 0 Å². The number of carbonyl (C=O) groups excluding carboxylic acids is 2. The lowest BCUT2D eigenvalue weighted by atomic mass is 10.1. The van der Waals surface area contributed by atoms with Gasteiger partial charge in [-0.1, -0.05) is 13.0 Å². The Morgan fingerprint density at radius 3 is 2.89 bits per heavy atom. The number of amides is 3. The summed E-state index contributed by atoms with van der Waals surface area (Å²) in [6, 6.07) is 8.78. The quantitative estimate of drug-likeness (QED) is 0.851. The second-order valence-corrected chi connectivity index (χ2v) is 7.23. The molecule has 2 aliphatic rings. The minimum absolute atomic E-state index is 0.0246. The second-order valence-electron chi connectivity index (χ2n) is 7.23. The lowest BCUT2D eigenvalue weighted by Gasteiger charge is -2.35. The minimum Gasteiger partial charge on any atom is -0.366 e. The number of hydrogen-bond acceptors (Lipinski definition) is 5. The van der Waals surface area contributed by atoms with E-state index in [4.69, 9.17) is 0 Å². The highest BCUT2D eigenvalue weighted by atomic mass is 16.2. The number of nitrogens with one attached hydrogen (secondary N) is 2. The van der Waals surface area contributed by atoms with E-state index in [1.165, 1.54) is 0 Å². The van der Waals surface area contributed by atoms with Gasteiger partial charge in [-0.15, -0.1) is 0 Å². The molecule has 8 nitrogen and oxygen atoms in total. The monoisotopic (exact) mass is 380 g/mol. The van der Waals surface area contributed by atoms with E-state index in [1.54, 1.807) is 29.3 Å². The number of nitrogens with zero attached hydrogens (tertiary/aromatic N) is 4. The summed E-state index contributed by atoms with van der Waals surface area (Å²) in [6.45, 7) is 5.60. The molecular formula is C20H24N6O2. The lowest BCUT2D eigenvalue weighted by molar-refractivity contribution is 0.0934. The molecule has 0 spiro atoms. The van der Waals surface area contributed by atoms with Gasteiger partial charge in [-0.25, -0.2) is 14.8 Å². The van der Waals surface area contributed by atoms with Gasteiger partial charge in [-0.05, 0) is 44.0 Å². The highest BCUT2D eigenvalue weighted by Crippen LogP contribution is 2.39. The number of rotatable bonds is 4. The number of urea groups is 1. The van der Waals surface area contributed by atoms with Crippen LogP contribution in [0, 0.1) is 0 Å². The maximum absolute atomic E-state index is 13.0. The molecule has 2 N–H and O–H groups in total. The molecule has 2 aliphatic heterocycles. The van der Waals surface area contributed by atoms with E-state index in [-0.39, 0.29) is 24.0 Å². The first-order valence-electron chi connectivity index (χ1n) is 9.65. The Morgan fingerprint density at radius 1 is 1.29 bits per heavy atom. The third-order valence-corrected chi connectivity index (χ3v) is 5.29. The summed E-state index contributed by atoms with van der Waals surface area (Å²) in [6.07, 6.45) is 3.33. The minimum atomic E-state index is -0.279. The van der Waals surface area contributed by atoms with Crippen LogP contribution in [0.5, 0.6) is 0 Å². The van der Waals surface area contributed by atoms with Crippen molar-refractivity contribution >= 4 is 29.3 Å². The van der Waals surface area contributed by atoms with Crippen molar-refractivity contribution in [3.8, 4) is 0 Å². The zero-order chi connectivity index (χ0) is 19.7. The molecule has 0 aliphatic carbocycles. The van der Waals surface area contributed by atoms with Gasteiger partial charge in [0, 0.05) is 25.3 Å². The van der Waals surface area contributed by atoms with E-state index < -0.39 is 0 Å². The molecule has 0 unspecified atom stereocenters. The van der Waals surface area contributed by atoms with Crippen LogP contribution >= 0.6 is 0 Å². The highest BCUT2D eigenvalue weighted by molar-refractivity contribution is 6.05. The topological polar surface area (TPSA) is 90.5 Å². The maximum Gasteiger partial charge on any atom is 0.329 e. The number of fused-ring (bicyclic) bond motifs is 4. The Labute approximate surface area is 164 Å². The summed E-state index contributed by atoms with van der Waals surface area (Å²) in [5.41, 5.74) is 1.20. The van der Waals surface area contributed by atoms with Crippen LogP contribution in [0.2, 0.25) is 0 Å². The number of hydrogen-bond donors (Lipinski definition) is 2. The molecular weight excluding hydrogens is 356 g/mol. The standard InChI is InChI=1S/C20H24N6O2/c1-3-13(2)22-19(27)15-7-8-16-18(23-15)26(14-9-11-25(16)12-14)20(28)24-17-6-4-5-10-21-17/h4-8,10,13-14H,3,9,11-12H2,1-2H3,(H,22,27)(H,21,24,28)/t13-,14+/m1/s1. The van der Waals surface area contributed by atoms with Gasteiger partial charge in [-0.3, -0.25) is 15.0 Å². The van der Waals surface area contributed by atoms with Gasteiger partial charge >= 0.3 is 6.03 Å². The van der Waals surface area contributed by atoms with Crippen LogP contribution in [-0.2, 0) is 0 Å². The predicted octanol–water partition coefficient (Wildman–Crippen LogP) is 2.64. The van der Waals surface area contributed by atoms with Crippen LogP contribution in [-0.4, -0.2) is 47.1 Å². The Kier molecular flexibility index (Phi) is 4.85. The molecule has 2 aromatic heterocycles. The van der Waals surface area contributed by atoms with Crippen LogP contribution < -0.4 is 20.4 Å². The molecule has 146 valence electrons. The molecule has 0 aromatic carbocycles. The summed E-state index contributed by atoms with van der Waals surface area (Å²) in [5.74, 6) is 0.786. The van der Waals surface area contributed by atoms with E-state index in [0.717, 1.165) is 31.6 Å². The molecule has 28 heavy (non-hydrogen) atoms. The molecule has 2 atom stereocenters. The third-order valence-electron chi connectivity index (χ3n) is 5.29. The number of aromatic nitrogens is 2. The second kappa shape index (κ2) is 7.46. The number of carbonyl (C=O) groups is 2. The lowest BCUT2D eigenvalue weighted by Crippen LogP contribution is -2.48. The van der Waals surface area contributed by atoms with Crippen molar-refractivity contribution in [1.29, 1.82) is 0 Å². The number of anilines is 3. The van der Waals surface area contributed by atoms with E-state index in [1.807, 2.05) is 26.0 Å². The Bertz CT molecular complexity index is 888. The van der Waals surface area contributed by atoms with Gasteiger partial charge < -0.3 is 10.2 Å². The first-order chi connectivity index (χ1) is 13.6. The van der Waals surface area contributed by atoms with Crippen LogP contribution in [0.15, 0.2) is 36.5 Å². The smallest absolute Gasteiger partial charge is 0.329 e. The van der Waals surface area contributed by atoms with Gasteiger partial charge in [0.1, 0.15) is 11.5 Å². The van der Waals surface area contributed by atoms with Crippen molar-refractivity contribution in [1.82, 2.24) is 15.3 Å². The average molecular weight is 380 g/mol. The zero-order valence-corrected chi connectivity index (χ0v) is 16.1. The summed E-state index contributed by atoms with van der Waals surface area (Å²) in [4.78, 5) is 38.2.